The lowest BCUT2D eigenvalue weighted by molar-refractivity contribution is -0.385. The summed E-state index contributed by atoms with van der Waals surface area (Å²) in [5, 5.41) is 18.7. The molecule has 198 valence electrons. The van der Waals surface area contributed by atoms with Crippen molar-refractivity contribution in [3.8, 4) is 11.5 Å². The van der Waals surface area contributed by atoms with Crippen LogP contribution in [0, 0.1) is 16.0 Å². The molecule has 11 heteroatoms. The monoisotopic (exact) mass is 538 g/mol. The molecule has 2 amide bonds. The van der Waals surface area contributed by atoms with Crippen LogP contribution in [0.4, 0.5) is 5.69 Å². The molecule has 1 unspecified atom stereocenters. The van der Waals surface area contributed by atoms with Gasteiger partial charge in [-0.3, -0.25) is 19.7 Å². The van der Waals surface area contributed by atoms with Crippen LogP contribution in [0.25, 0.3) is 0 Å². The number of halogens is 1. The minimum absolute atomic E-state index is 0.0864. The average molecular weight is 539 g/mol. The van der Waals surface area contributed by atoms with E-state index in [-0.39, 0.29) is 35.3 Å². The fourth-order valence-corrected chi connectivity index (χ4v) is 3.65. The standard InChI is InChI=1S/C27H27ClN4O6/c1-17(2)25(30-26(33)19-10-7-11-21(28)12-19)27(34)31-29-15-20-13-23(37-3)24(14-22(20)32(35)36)38-16-18-8-5-4-6-9-18/h4-15,17,25H,16H2,1-3H3,(H,30,33)(H,31,34)/b29-15-. The molecule has 0 saturated heterocycles. The number of nitro groups is 1. The molecular formula is C27H27ClN4O6. The van der Waals surface area contributed by atoms with Crippen LogP contribution in [-0.2, 0) is 11.4 Å². The minimum Gasteiger partial charge on any atom is -0.493 e. The Morgan fingerprint density at radius 2 is 1.82 bits per heavy atom. The third kappa shape index (κ3) is 7.53. The number of hydrogen-bond donors (Lipinski definition) is 2. The number of hydrogen-bond acceptors (Lipinski definition) is 7. The van der Waals surface area contributed by atoms with Crippen molar-refractivity contribution in [1.29, 1.82) is 0 Å². The number of methoxy groups -OCH3 is 1. The third-order valence-electron chi connectivity index (χ3n) is 5.45. The number of amides is 2. The Hall–Kier alpha value is -4.44. The molecular weight excluding hydrogens is 512 g/mol. The Labute approximate surface area is 224 Å². The maximum absolute atomic E-state index is 12.8. The number of nitrogens with zero attached hydrogens (tertiary/aromatic N) is 2. The quantitative estimate of drug-likeness (QED) is 0.206. The minimum atomic E-state index is -0.920. The fourth-order valence-electron chi connectivity index (χ4n) is 3.46. The summed E-state index contributed by atoms with van der Waals surface area (Å²) in [6, 6.07) is 17.4. The molecule has 2 N–H and O–H groups in total. The highest BCUT2D eigenvalue weighted by Crippen LogP contribution is 2.34. The number of hydrazone groups is 1. The molecule has 3 aromatic carbocycles. The van der Waals surface area contributed by atoms with Crippen LogP contribution in [0.5, 0.6) is 11.5 Å². The number of nitrogens with one attached hydrogen (secondary N) is 2. The van der Waals surface area contributed by atoms with E-state index >= 15 is 0 Å². The van der Waals surface area contributed by atoms with Crippen LogP contribution in [0.15, 0.2) is 71.8 Å². The Kier molecular flexibility index (Phi) is 9.78. The molecule has 0 heterocycles. The molecule has 0 aliphatic rings. The van der Waals surface area contributed by atoms with E-state index < -0.39 is 22.8 Å². The van der Waals surface area contributed by atoms with Gasteiger partial charge >= 0.3 is 0 Å². The number of nitro benzene ring substituents is 1. The molecule has 1 atom stereocenters. The van der Waals surface area contributed by atoms with E-state index in [0.29, 0.717) is 10.6 Å². The maximum Gasteiger partial charge on any atom is 0.282 e. The maximum atomic E-state index is 12.8. The highest BCUT2D eigenvalue weighted by atomic mass is 35.5. The summed E-state index contributed by atoms with van der Waals surface area (Å²) in [6.45, 7) is 3.71. The molecule has 0 spiro atoms. The summed E-state index contributed by atoms with van der Waals surface area (Å²) in [4.78, 5) is 36.5. The van der Waals surface area contributed by atoms with Crippen LogP contribution < -0.4 is 20.2 Å². The first-order chi connectivity index (χ1) is 18.2. The van der Waals surface area contributed by atoms with E-state index in [1.54, 1.807) is 32.0 Å². The molecule has 38 heavy (non-hydrogen) atoms. The van der Waals surface area contributed by atoms with Gasteiger partial charge in [0.2, 0.25) is 0 Å². The van der Waals surface area contributed by atoms with Crippen molar-refractivity contribution in [3.05, 3.63) is 98.6 Å². The zero-order chi connectivity index (χ0) is 27.7. The van der Waals surface area contributed by atoms with E-state index in [2.05, 4.69) is 15.8 Å². The summed E-state index contributed by atoms with van der Waals surface area (Å²) in [5.74, 6) is -0.898. The molecule has 10 nitrogen and oxygen atoms in total. The van der Waals surface area contributed by atoms with Gasteiger partial charge in [0.05, 0.1) is 29.9 Å². The van der Waals surface area contributed by atoms with Crippen molar-refractivity contribution in [2.24, 2.45) is 11.0 Å². The topological polar surface area (TPSA) is 132 Å². The number of rotatable bonds is 11. The molecule has 0 aliphatic carbocycles. The second-order valence-electron chi connectivity index (χ2n) is 8.53. The van der Waals surface area contributed by atoms with Gasteiger partial charge in [-0.2, -0.15) is 5.10 Å². The van der Waals surface area contributed by atoms with Gasteiger partial charge in [-0.1, -0.05) is 61.8 Å². The van der Waals surface area contributed by atoms with E-state index in [1.165, 1.54) is 25.3 Å². The van der Waals surface area contributed by atoms with Gasteiger partial charge in [0.1, 0.15) is 12.6 Å². The zero-order valence-electron chi connectivity index (χ0n) is 21.0. The molecule has 3 aromatic rings. The van der Waals surface area contributed by atoms with Gasteiger partial charge in [-0.15, -0.1) is 0 Å². The highest BCUT2D eigenvalue weighted by Gasteiger charge is 2.25. The summed E-state index contributed by atoms with van der Waals surface area (Å²) >= 11 is 5.95. The van der Waals surface area contributed by atoms with E-state index in [0.717, 1.165) is 11.8 Å². The number of carbonyl (C=O) groups is 2. The Bertz CT molecular complexity index is 1330. The van der Waals surface area contributed by atoms with Gasteiger partial charge in [0, 0.05) is 10.6 Å². The van der Waals surface area contributed by atoms with Crippen molar-refractivity contribution in [2.45, 2.75) is 26.5 Å². The third-order valence-corrected chi connectivity index (χ3v) is 5.68. The SMILES string of the molecule is COc1cc(/C=N\NC(=O)C(NC(=O)c2cccc(Cl)c2)C(C)C)c([N+](=O)[O-])cc1OCc1ccccc1. The second kappa shape index (κ2) is 13.2. The number of ether oxygens (including phenoxy) is 2. The van der Waals surface area contributed by atoms with Crippen LogP contribution >= 0.6 is 11.6 Å². The van der Waals surface area contributed by atoms with Crippen molar-refractivity contribution >= 4 is 35.3 Å². The second-order valence-corrected chi connectivity index (χ2v) is 8.97. The Morgan fingerprint density at radius 1 is 1.08 bits per heavy atom. The number of benzene rings is 3. The van der Waals surface area contributed by atoms with Crippen molar-refractivity contribution in [1.82, 2.24) is 10.7 Å². The molecule has 0 aromatic heterocycles. The molecule has 0 radical (unpaired) electrons. The molecule has 0 fully saturated rings. The Morgan fingerprint density at radius 3 is 2.45 bits per heavy atom. The smallest absolute Gasteiger partial charge is 0.282 e. The Balaban J connectivity index is 1.74. The van der Waals surface area contributed by atoms with Gasteiger partial charge in [-0.05, 0) is 35.7 Å². The normalized spacial score (nSPS) is 11.7. The van der Waals surface area contributed by atoms with E-state index in [9.17, 15) is 19.7 Å². The predicted octanol–water partition coefficient (Wildman–Crippen LogP) is 4.74. The molecule has 3 rings (SSSR count). The first-order valence-corrected chi connectivity index (χ1v) is 12.0. The lowest BCUT2D eigenvalue weighted by atomic mass is 10.0. The van der Waals surface area contributed by atoms with E-state index in [4.69, 9.17) is 21.1 Å². The lowest BCUT2D eigenvalue weighted by Crippen LogP contribution is -2.48. The zero-order valence-corrected chi connectivity index (χ0v) is 21.8. The van der Waals surface area contributed by atoms with Crippen molar-refractivity contribution in [2.75, 3.05) is 7.11 Å². The predicted molar refractivity (Wildman–Crippen MR) is 144 cm³/mol. The summed E-state index contributed by atoms with van der Waals surface area (Å²) in [7, 11) is 1.41. The van der Waals surface area contributed by atoms with Crippen LogP contribution in [0.1, 0.15) is 35.3 Å². The fraction of sp³-hybridized carbons (Fsp3) is 0.222. The van der Waals surface area contributed by atoms with Crippen molar-refractivity contribution in [3.63, 3.8) is 0 Å². The van der Waals surface area contributed by atoms with Crippen molar-refractivity contribution < 1.29 is 24.0 Å². The van der Waals surface area contributed by atoms with Gasteiger partial charge in [0.15, 0.2) is 11.5 Å². The summed E-state index contributed by atoms with van der Waals surface area (Å²) < 4.78 is 11.1. The molecule has 0 aliphatic heterocycles. The lowest BCUT2D eigenvalue weighted by Gasteiger charge is -2.20. The number of carbonyl (C=O) groups excluding carboxylic acids is 2. The first-order valence-electron chi connectivity index (χ1n) is 11.6. The van der Waals surface area contributed by atoms with E-state index in [1.807, 2.05) is 30.3 Å². The average Bonchev–Trinajstić information content (AvgIpc) is 2.90. The van der Waals surface area contributed by atoms with Crippen LogP contribution in [0.2, 0.25) is 5.02 Å². The summed E-state index contributed by atoms with van der Waals surface area (Å²) in [6.07, 6.45) is 1.13. The van der Waals surface area contributed by atoms with Gasteiger partial charge < -0.3 is 14.8 Å². The van der Waals surface area contributed by atoms with Gasteiger partial charge in [0.25, 0.3) is 17.5 Å². The highest BCUT2D eigenvalue weighted by molar-refractivity contribution is 6.31. The first kappa shape index (κ1) is 28.1. The largest absolute Gasteiger partial charge is 0.493 e. The van der Waals surface area contributed by atoms with Gasteiger partial charge in [-0.25, -0.2) is 5.43 Å². The van der Waals surface area contributed by atoms with Crippen LogP contribution in [-0.4, -0.2) is 36.1 Å². The summed E-state index contributed by atoms with van der Waals surface area (Å²) in [5.41, 5.74) is 3.32. The molecule has 0 bridgehead atoms. The molecule has 0 saturated carbocycles. The van der Waals surface area contributed by atoms with Crippen LogP contribution in [0.3, 0.4) is 0 Å².